The zero-order valence-electron chi connectivity index (χ0n) is 14.0. The van der Waals surface area contributed by atoms with Gasteiger partial charge in [-0.05, 0) is 31.4 Å². The number of aryl methyl sites for hydroxylation is 2. The zero-order valence-corrected chi connectivity index (χ0v) is 14.8. The van der Waals surface area contributed by atoms with E-state index in [0.717, 1.165) is 40.6 Å². The first-order valence-electron chi connectivity index (χ1n) is 8.14. The van der Waals surface area contributed by atoms with Crippen molar-refractivity contribution in [3.63, 3.8) is 0 Å². The highest BCUT2D eigenvalue weighted by atomic mass is 32.1. The summed E-state index contributed by atoms with van der Waals surface area (Å²) < 4.78 is 10.9. The van der Waals surface area contributed by atoms with Crippen molar-refractivity contribution in [2.24, 2.45) is 5.92 Å². The smallest absolute Gasteiger partial charge is 0.226 e. The molecule has 1 aliphatic rings. The number of carbonyl (C=O) groups is 1. The number of nitrogens with zero attached hydrogens (tertiary/aromatic N) is 1. The quantitative estimate of drug-likeness (QED) is 0.817. The van der Waals surface area contributed by atoms with Gasteiger partial charge in [-0.15, -0.1) is 11.3 Å². The zero-order chi connectivity index (χ0) is 16.9. The lowest BCUT2D eigenvalue weighted by Gasteiger charge is -2.25. The molecular weight excluding hydrogens is 324 g/mol. The van der Waals surface area contributed by atoms with Gasteiger partial charge >= 0.3 is 0 Å². The number of benzene rings is 1. The van der Waals surface area contributed by atoms with Crippen molar-refractivity contribution >= 4 is 17.2 Å². The van der Waals surface area contributed by atoms with Crippen LogP contribution in [-0.4, -0.2) is 31.2 Å². The van der Waals surface area contributed by atoms with Crippen LogP contribution in [0.5, 0.6) is 11.5 Å². The van der Waals surface area contributed by atoms with Crippen molar-refractivity contribution in [3.05, 3.63) is 39.8 Å². The normalized spacial score (nSPS) is 16.2. The summed E-state index contributed by atoms with van der Waals surface area (Å²) in [6.07, 6.45) is 2.51. The predicted molar refractivity (Wildman–Crippen MR) is 93.9 cm³/mol. The summed E-state index contributed by atoms with van der Waals surface area (Å²) in [5, 5.41) is 6.20. The number of hydrogen-bond donors (Lipinski definition) is 1. The van der Waals surface area contributed by atoms with Crippen LogP contribution >= 0.6 is 11.3 Å². The molecule has 0 radical (unpaired) electrons. The Morgan fingerprint density at radius 1 is 1.50 bits per heavy atom. The lowest BCUT2D eigenvalue weighted by Crippen LogP contribution is -2.37. The van der Waals surface area contributed by atoms with Gasteiger partial charge in [-0.2, -0.15) is 0 Å². The van der Waals surface area contributed by atoms with Gasteiger partial charge in [0.2, 0.25) is 5.91 Å². The number of thiazole rings is 1. The number of nitrogens with one attached hydrogen (secondary N) is 1. The number of aromatic nitrogens is 1. The van der Waals surface area contributed by atoms with Gasteiger partial charge in [0.05, 0.1) is 18.0 Å². The molecule has 1 atom stereocenters. The molecule has 6 heteroatoms. The number of rotatable bonds is 6. The molecule has 5 nitrogen and oxygen atoms in total. The lowest BCUT2D eigenvalue weighted by molar-refractivity contribution is -0.126. The molecule has 0 aliphatic carbocycles. The van der Waals surface area contributed by atoms with Crippen LogP contribution in [0.15, 0.2) is 23.6 Å². The van der Waals surface area contributed by atoms with E-state index in [-0.39, 0.29) is 11.8 Å². The summed E-state index contributed by atoms with van der Waals surface area (Å²) in [6, 6.07) is 5.75. The third-order valence-electron chi connectivity index (χ3n) is 4.08. The second-order valence-corrected chi connectivity index (χ2v) is 6.91. The van der Waals surface area contributed by atoms with Crippen LogP contribution in [0, 0.1) is 12.8 Å². The Kier molecular flexibility index (Phi) is 5.35. The highest BCUT2D eigenvalue weighted by Gasteiger charge is 2.26. The molecular formula is C18H22N2O3S. The van der Waals surface area contributed by atoms with E-state index < -0.39 is 0 Å². The Morgan fingerprint density at radius 2 is 2.38 bits per heavy atom. The first kappa shape index (κ1) is 16.8. The first-order chi connectivity index (χ1) is 11.7. The van der Waals surface area contributed by atoms with Gasteiger partial charge < -0.3 is 14.8 Å². The fourth-order valence-corrected chi connectivity index (χ4v) is 3.58. The fourth-order valence-electron chi connectivity index (χ4n) is 2.76. The highest BCUT2D eigenvalue weighted by Crippen LogP contribution is 2.31. The van der Waals surface area contributed by atoms with Crippen LogP contribution in [0.2, 0.25) is 0 Å². The van der Waals surface area contributed by atoms with Crippen molar-refractivity contribution in [1.82, 2.24) is 10.3 Å². The molecule has 0 saturated heterocycles. The van der Waals surface area contributed by atoms with Gasteiger partial charge in [0.25, 0.3) is 0 Å². The number of amides is 1. The van der Waals surface area contributed by atoms with Crippen LogP contribution in [-0.2, 0) is 17.6 Å². The SMILES string of the molecule is COc1ccc2c(c1)OC[C@H](C(=O)NCCCc1nc(C)cs1)C2. The van der Waals surface area contributed by atoms with Crippen molar-refractivity contribution in [1.29, 1.82) is 0 Å². The Hall–Kier alpha value is -2.08. The number of hydrogen-bond acceptors (Lipinski definition) is 5. The Morgan fingerprint density at radius 3 is 3.12 bits per heavy atom. The first-order valence-corrected chi connectivity index (χ1v) is 9.02. The maximum Gasteiger partial charge on any atom is 0.226 e. The molecule has 1 aromatic heterocycles. The summed E-state index contributed by atoms with van der Waals surface area (Å²) >= 11 is 1.68. The van der Waals surface area contributed by atoms with E-state index in [1.165, 1.54) is 0 Å². The van der Waals surface area contributed by atoms with Crippen LogP contribution in [0.25, 0.3) is 0 Å². The maximum absolute atomic E-state index is 12.3. The van der Waals surface area contributed by atoms with Gasteiger partial charge in [0.15, 0.2) is 0 Å². The van der Waals surface area contributed by atoms with Gasteiger partial charge in [0, 0.05) is 30.1 Å². The molecule has 0 saturated carbocycles. The molecule has 1 aliphatic heterocycles. The number of carbonyl (C=O) groups excluding carboxylic acids is 1. The monoisotopic (exact) mass is 346 g/mol. The maximum atomic E-state index is 12.3. The van der Waals surface area contributed by atoms with Gasteiger partial charge in [-0.1, -0.05) is 6.07 Å². The second kappa shape index (κ2) is 7.66. The minimum absolute atomic E-state index is 0.0618. The molecule has 128 valence electrons. The third-order valence-corrected chi connectivity index (χ3v) is 5.11. The average molecular weight is 346 g/mol. The molecule has 1 N–H and O–H groups in total. The van der Waals surface area contributed by atoms with Crippen molar-refractivity contribution < 1.29 is 14.3 Å². The molecule has 2 heterocycles. The molecule has 0 unspecified atom stereocenters. The van der Waals surface area contributed by atoms with Gasteiger partial charge in [-0.3, -0.25) is 4.79 Å². The summed E-state index contributed by atoms with van der Waals surface area (Å²) in [4.78, 5) is 16.7. The van der Waals surface area contributed by atoms with E-state index in [1.54, 1.807) is 18.4 Å². The fraction of sp³-hybridized carbons (Fsp3) is 0.444. The molecule has 3 rings (SSSR count). The van der Waals surface area contributed by atoms with Crippen LogP contribution in [0.4, 0.5) is 0 Å². The largest absolute Gasteiger partial charge is 0.497 e. The third kappa shape index (κ3) is 4.06. The van der Waals surface area contributed by atoms with Crippen LogP contribution in [0.1, 0.15) is 22.7 Å². The van der Waals surface area contributed by atoms with Gasteiger partial charge in [0.1, 0.15) is 18.1 Å². The van der Waals surface area contributed by atoms with Crippen molar-refractivity contribution in [2.75, 3.05) is 20.3 Å². The molecule has 2 aromatic rings. The van der Waals surface area contributed by atoms with Crippen LogP contribution < -0.4 is 14.8 Å². The standard InChI is InChI=1S/C18H22N2O3S/c1-12-11-24-17(20-12)4-3-7-19-18(21)14-8-13-5-6-15(22-2)9-16(13)23-10-14/h5-6,9,11,14H,3-4,7-8,10H2,1-2H3,(H,19,21)/t14-/m1/s1. The van der Waals surface area contributed by atoms with Crippen molar-refractivity contribution in [3.8, 4) is 11.5 Å². The number of fused-ring (bicyclic) bond motifs is 1. The molecule has 0 spiro atoms. The molecule has 0 fully saturated rings. The van der Waals surface area contributed by atoms with E-state index in [9.17, 15) is 4.79 Å². The van der Waals surface area contributed by atoms with Gasteiger partial charge in [-0.25, -0.2) is 4.98 Å². The van der Waals surface area contributed by atoms with E-state index in [2.05, 4.69) is 15.7 Å². The Balaban J connectivity index is 1.45. The number of methoxy groups -OCH3 is 1. The summed E-state index contributed by atoms with van der Waals surface area (Å²) in [5.41, 5.74) is 2.12. The molecule has 0 bridgehead atoms. The topological polar surface area (TPSA) is 60.5 Å². The minimum Gasteiger partial charge on any atom is -0.497 e. The van der Waals surface area contributed by atoms with Crippen molar-refractivity contribution in [2.45, 2.75) is 26.2 Å². The summed E-state index contributed by atoms with van der Waals surface area (Å²) in [6.45, 7) is 3.08. The molecule has 1 amide bonds. The Bertz CT molecular complexity index is 714. The molecule has 24 heavy (non-hydrogen) atoms. The number of ether oxygens (including phenoxy) is 2. The second-order valence-electron chi connectivity index (χ2n) is 5.96. The average Bonchev–Trinajstić information content (AvgIpc) is 3.02. The summed E-state index contributed by atoms with van der Waals surface area (Å²) in [5.74, 6) is 1.52. The minimum atomic E-state index is -0.131. The summed E-state index contributed by atoms with van der Waals surface area (Å²) in [7, 11) is 1.63. The Labute approximate surface area is 146 Å². The highest BCUT2D eigenvalue weighted by molar-refractivity contribution is 7.09. The van der Waals surface area contributed by atoms with E-state index in [4.69, 9.17) is 9.47 Å². The van der Waals surface area contributed by atoms with Crippen LogP contribution in [0.3, 0.4) is 0 Å². The lowest BCUT2D eigenvalue weighted by atomic mass is 9.96. The molecule has 1 aromatic carbocycles. The van der Waals surface area contributed by atoms with E-state index in [1.807, 2.05) is 25.1 Å². The van der Waals surface area contributed by atoms with E-state index >= 15 is 0 Å². The predicted octanol–water partition coefficient (Wildman–Crippen LogP) is 2.76. The van der Waals surface area contributed by atoms with E-state index in [0.29, 0.717) is 19.6 Å².